The van der Waals surface area contributed by atoms with E-state index in [0.29, 0.717) is 0 Å². The van der Waals surface area contributed by atoms with Crippen LogP contribution in [-0.2, 0) is 4.74 Å². The average Bonchev–Trinajstić information content (AvgIpc) is 2.38. The quantitative estimate of drug-likeness (QED) is 0.913. The molecule has 1 saturated heterocycles. The Morgan fingerprint density at radius 1 is 1.44 bits per heavy atom. The molecule has 2 unspecified atom stereocenters. The molecule has 1 heterocycles. The standard InChI is InChI=1S/C14H21NO2S/c1-9-6-10(2)13(11(7-9)16-3)14(15)12-8-18-5-4-17-12/h6-7,12,14H,4-5,8,15H2,1-3H3. The predicted octanol–water partition coefficient (Wildman–Crippen LogP) is 2.44. The molecule has 2 atom stereocenters. The first-order chi connectivity index (χ1) is 8.63. The van der Waals surface area contributed by atoms with Crippen LogP contribution >= 0.6 is 11.8 Å². The summed E-state index contributed by atoms with van der Waals surface area (Å²) >= 11 is 1.90. The van der Waals surface area contributed by atoms with E-state index in [2.05, 4.69) is 19.9 Å². The molecule has 0 spiro atoms. The molecule has 1 aliphatic heterocycles. The first kappa shape index (κ1) is 13.7. The van der Waals surface area contributed by atoms with E-state index < -0.39 is 0 Å². The third-order valence-electron chi connectivity index (χ3n) is 3.29. The number of nitrogens with two attached hydrogens (primary N) is 1. The Balaban J connectivity index is 2.30. The molecule has 2 N–H and O–H groups in total. The molecule has 0 aliphatic carbocycles. The molecular weight excluding hydrogens is 246 g/mol. The van der Waals surface area contributed by atoms with Crippen molar-refractivity contribution in [2.24, 2.45) is 5.73 Å². The third kappa shape index (κ3) is 2.82. The number of methoxy groups -OCH3 is 1. The van der Waals surface area contributed by atoms with Crippen molar-refractivity contribution in [3.63, 3.8) is 0 Å². The molecule has 1 aromatic carbocycles. The molecule has 4 heteroatoms. The van der Waals surface area contributed by atoms with E-state index in [1.165, 1.54) is 11.1 Å². The van der Waals surface area contributed by atoms with Gasteiger partial charge in [-0.25, -0.2) is 0 Å². The van der Waals surface area contributed by atoms with Crippen LogP contribution in [0.5, 0.6) is 5.75 Å². The molecule has 0 saturated carbocycles. The maximum Gasteiger partial charge on any atom is 0.124 e. The highest BCUT2D eigenvalue weighted by molar-refractivity contribution is 7.99. The van der Waals surface area contributed by atoms with Crippen LogP contribution < -0.4 is 10.5 Å². The smallest absolute Gasteiger partial charge is 0.124 e. The summed E-state index contributed by atoms with van der Waals surface area (Å²) in [4.78, 5) is 0. The van der Waals surface area contributed by atoms with E-state index >= 15 is 0 Å². The second-order valence-corrected chi connectivity index (χ2v) is 5.86. The van der Waals surface area contributed by atoms with Crippen molar-refractivity contribution < 1.29 is 9.47 Å². The van der Waals surface area contributed by atoms with Crippen LogP contribution in [0, 0.1) is 13.8 Å². The maximum absolute atomic E-state index is 6.38. The second-order valence-electron chi connectivity index (χ2n) is 4.71. The summed E-state index contributed by atoms with van der Waals surface area (Å²) < 4.78 is 11.3. The number of rotatable bonds is 3. The van der Waals surface area contributed by atoms with Crippen molar-refractivity contribution >= 4 is 11.8 Å². The lowest BCUT2D eigenvalue weighted by Gasteiger charge is -2.29. The van der Waals surface area contributed by atoms with E-state index in [1.54, 1.807) is 7.11 Å². The third-order valence-corrected chi connectivity index (χ3v) is 4.31. The van der Waals surface area contributed by atoms with Crippen molar-refractivity contribution in [2.75, 3.05) is 25.2 Å². The van der Waals surface area contributed by atoms with Crippen LogP contribution in [0.15, 0.2) is 12.1 Å². The lowest BCUT2D eigenvalue weighted by Crippen LogP contribution is -2.35. The Hall–Kier alpha value is -0.710. The van der Waals surface area contributed by atoms with Gasteiger partial charge in [-0.05, 0) is 31.0 Å². The van der Waals surface area contributed by atoms with Crippen molar-refractivity contribution in [2.45, 2.75) is 26.0 Å². The topological polar surface area (TPSA) is 44.5 Å². The second kappa shape index (κ2) is 5.95. The number of aryl methyl sites for hydroxylation is 2. The average molecular weight is 267 g/mol. The van der Waals surface area contributed by atoms with Crippen molar-refractivity contribution in [3.05, 3.63) is 28.8 Å². The Kier molecular flexibility index (Phi) is 4.54. The Morgan fingerprint density at radius 2 is 2.22 bits per heavy atom. The SMILES string of the molecule is COc1cc(C)cc(C)c1C(N)C1CSCCO1. The Morgan fingerprint density at radius 3 is 2.83 bits per heavy atom. The summed E-state index contributed by atoms with van der Waals surface area (Å²) in [5, 5.41) is 0. The molecule has 1 fully saturated rings. The first-order valence-electron chi connectivity index (χ1n) is 6.23. The molecule has 1 aromatic rings. The Bertz CT molecular complexity index is 417. The molecule has 3 nitrogen and oxygen atoms in total. The van der Waals surface area contributed by atoms with Gasteiger partial charge in [-0.3, -0.25) is 0 Å². The highest BCUT2D eigenvalue weighted by Gasteiger charge is 2.26. The number of thioether (sulfide) groups is 1. The zero-order valence-corrected chi connectivity index (χ0v) is 12.0. The number of ether oxygens (including phenoxy) is 2. The number of hydrogen-bond acceptors (Lipinski definition) is 4. The summed E-state index contributed by atoms with van der Waals surface area (Å²) in [6, 6.07) is 4.07. The molecule has 0 radical (unpaired) electrons. The number of benzene rings is 1. The molecule has 1 aliphatic rings. The Labute approximate surface area is 113 Å². The fourth-order valence-corrected chi connectivity index (χ4v) is 3.35. The van der Waals surface area contributed by atoms with Gasteiger partial charge < -0.3 is 15.2 Å². The minimum absolute atomic E-state index is 0.0825. The van der Waals surface area contributed by atoms with Gasteiger partial charge >= 0.3 is 0 Å². The maximum atomic E-state index is 6.38. The largest absolute Gasteiger partial charge is 0.496 e. The fraction of sp³-hybridized carbons (Fsp3) is 0.571. The summed E-state index contributed by atoms with van der Waals surface area (Å²) in [5.74, 6) is 2.89. The summed E-state index contributed by atoms with van der Waals surface area (Å²) in [7, 11) is 1.70. The van der Waals surface area contributed by atoms with Crippen molar-refractivity contribution in [1.29, 1.82) is 0 Å². The minimum Gasteiger partial charge on any atom is -0.496 e. The van der Waals surface area contributed by atoms with Crippen LogP contribution in [0.25, 0.3) is 0 Å². The number of hydrogen-bond donors (Lipinski definition) is 1. The van der Waals surface area contributed by atoms with Crippen LogP contribution in [0.1, 0.15) is 22.7 Å². The fourth-order valence-electron chi connectivity index (χ4n) is 2.44. The highest BCUT2D eigenvalue weighted by atomic mass is 32.2. The zero-order chi connectivity index (χ0) is 13.1. The molecule has 2 rings (SSSR count). The van der Waals surface area contributed by atoms with Gasteiger partial charge in [0.05, 0.1) is 25.9 Å². The zero-order valence-electron chi connectivity index (χ0n) is 11.2. The van der Waals surface area contributed by atoms with Gasteiger partial charge in [0.1, 0.15) is 5.75 Å². The van der Waals surface area contributed by atoms with Gasteiger partial charge in [-0.15, -0.1) is 0 Å². The van der Waals surface area contributed by atoms with Crippen LogP contribution in [-0.4, -0.2) is 31.3 Å². The molecule has 100 valence electrons. The molecule has 18 heavy (non-hydrogen) atoms. The van der Waals surface area contributed by atoms with Gasteiger partial charge in [-0.1, -0.05) is 6.07 Å². The van der Waals surface area contributed by atoms with Gasteiger partial charge in [0, 0.05) is 17.1 Å². The van der Waals surface area contributed by atoms with E-state index in [9.17, 15) is 0 Å². The minimum atomic E-state index is -0.117. The van der Waals surface area contributed by atoms with Crippen LogP contribution in [0.3, 0.4) is 0 Å². The summed E-state index contributed by atoms with van der Waals surface area (Å²) in [5.41, 5.74) is 9.83. The predicted molar refractivity (Wildman–Crippen MR) is 76.5 cm³/mol. The summed E-state index contributed by atoms with van der Waals surface area (Å²) in [6.45, 7) is 4.94. The van der Waals surface area contributed by atoms with E-state index in [-0.39, 0.29) is 12.1 Å². The van der Waals surface area contributed by atoms with Crippen molar-refractivity contribution in [3.8, 4) is 5.75 Å². The van der Waals surface area contributed by atoms with Crippen LogP contribution in [0.4, 0.5) is 0 Å². The molecular formula is C14H21NO2S. The summed E-state index contributed by atoms with van der Waals surface area (Å²) in [6.07, 6.45) is 0.0825. The normalized spacial score (nSPS) is 21.7. The van der Waals surface area contributed by atoms with Gasteiger partial charge in [0.2, 0.25) is 0 Å². The highest BCUT2D eigenvalue weighted by Crippen LogP contribution is 2.33. The van der Waals surface area contributed by atoms with Gasteiger partial charge in [0.15, 0.2) is 0 Å². The monoisotopic (exact) mass is 267 g/mol. The van der Waals surface area contributed by atoms with E-state index in [4.69, 9.17) is 15.2 Å². The van der Waals surface area contributed by atoms with E-state index in [0.717, 1.165) is 29.4 Å². The molecule has 0 amide bonds. The van der Waals surface area contributed by atoms with Crippen LogP contribution in [0.2, 0.25) is 0 Å². The van der Waals surface area contributed by atoms with Crippen molar-refractivity contribution in [1.82, 2.24) is 0 Å². The first-order valence-corrected chi connectivity index (χ1v) is 7.39. The molecule has 0 bridgehead atoms. The van der Waals surface area contributed by atoms with Gasteiger partial charge in [-0.2, -0.15) is 11.8 Å². The van der Waals surface area contributed by atoms with E-state index in [1.807, 2.05) is 17.8 Å². The van der Waals surface area contributed by atoms with Gasteiger partial charge in [0.25, 0.3) is 0 Å². The lowest BCUT2D eigenvalue weighted by atomic mass is 9.95. The lowest BCUT2D eigenvalue weighted by molar-refractivity contribution is 0.0562. The molecule has 0 aromatic heterocycles.